The van der Waals surface area contributed by atoms with Crippen LogP contribution in [0.25, 0.3) is 11.3 Å². The summed E-state index contributed by atoms with van der Waals surface area (Å²) in [6, 6.07) is 14.6. The topological polar surface area (TPSA) is 61.3 Å². The van der Waals surface area contributed by atoms with E-state index in [-0.39, 0.29) is 6.61 Å². The second-order valence-electron chi connectivity index (χ2n) is 4.48. The van der Waals surface area contributed by atoms with E-state index in [9.17, 15) is 0 Å². The summed E-state index contributed by atoms with van der Waals surface area (Å²) >= 11 is 5.86. The SMILES string of the molecule is Nc1ccc(OCc2ncc(-c3ccc(Cl)cc3)o2)cc1. The molecule has 0 atom stereocenters. The van der Waals surface area contributed by atoms with Gasteiger partial charge in [-0.15, -0.1) is 0 Å². The molecule has 0 radical (unpaired) electrons. The minimum absolute atomic E-state index is 0.261. The molecule has 0 unspecified atom stereocenters. The Labute approximate surface area is 127 Å². The predicted octanol–water partition coefficient (Wildman–Crippen LogP) is 4.16. The number of oxazole rings is 1. The van der Waals surface area contributed by atoms with E-state index in [4.69, 9.17) is 26.5 Å². The van der Waals surface area contributed by atoms with Crippen molar-refractivity contribution < 1.29 is 9.15 Å². The molecule has 2 aromatic carbocycles. The first-order valence-electron chi connectivity index (χ1n) is 6.40. The molecular weight excluding hydrogens is 288 g/mol. The first kappa shape index (κ1) is 13.5. The molecule has 1 aromatic heterocycles. The molecule has 0 saturated heterocycles. The third-order valence-corrected chi connectivity index (χ3v) is 3.18. The van der Waals surface area contributed by atoms with Gasteiger partial charge in [0, 0.05) is 16.3 Å². The molecule has 3 rings (SSSR count). The van der Waals surface area contributed by atoms with Gasteiger partial charge in [-0.1, -0.05) is 11.6 Å². The maximum Gasteiger partial charge on any atom is 0.232 e. The van der Waals surface area contributed by atoms with Gasteiger partial charge >= 0.3 is 0 Å². The van der Waals surface area contributed by atoms with Crippen LogP contribution in [0.3, 0.4) is 0 Å². The van der Waals surface area contributed by atoms with Crippen LogP contribution in [-0.4, -0.2) is 4.98 Å². The van der Waals surface area contributed by atoms with Crippen LogP contribution in [-0.2, 0) is 6.61 Å². The summed E-state index contributed by atoms with van der Waals surface area (Å²) in [6.07, 6.45) is 1.67. The number of anilines is 1. The van der Waals surface area contributed by atoms with Gasteiger partial charge in [0.2, 0.25) is 5.89 Å². The third kappa shape index (κ3) is 3.35. The number of benzene rings is 2. The Morgan fingerprint density at radius 1 is 1.05 bits per heavy atom. The molecule has 2 N–H and O–H groups in total. The number of hydrogen-bond donors (Lipinski definition) is 1. The van der Waals surface area contributed by atoms with E-state index in [1.165, 1.54) is 0 Å². The lowest BCUT2D eigenvalue weighted by molar-refractivity contribution is 0.264. The fourth-order valence-electron chi connectivity index (χ4n) is 1.83. The molecule has 21 heavy (non-hydrogen) atoms. The molecule has 3 aromatic rings. The zero-order valence-electron chi connectivity index (χ0n) is 11.1. The summed E-state index contributed by atoms with van der Waals surface area (Å²) in [6.45, 7) is 0.261. The Bertz CT molecular complexity index is 721. The van der Waals surface area contributed by atoms with E-state index in [1.807, 2.05) is 24.3 Å². The fourth-order valence-corrected chi connectivity index (χ4v) is 1.96. The number of ether oxygens (including phenoxy) is 1. The van der Waals surface area contributed by atoms with Crippen molar-refractivity contribution >= 4 is 17.3 Å². The largest absolute Gasteiger partial charge is 0.484 e. The van der Waals surface area contributed by atoms with Crippen LogP contribution >= 0.6 is 11.6 Å². The van der Waals surface area contributed by atoms with Gasteiger partial charge in [0.15, 0.2) is 12.4 Å². The van der Waals surface area contributed by atoms with Gasteiger partial charge in [0.05, 0.1) is 6.20 Å². The molecule has 1 heterocycles. The number of nitrogens with zero attached hydrogens (tertiary/aromatic N) is 1. The highest BCUT2D eigenvalue weighted by Gasteiger charge is 2.07. The van der Waals surface area contributed by atoms with Crippen LogP contribution in [0, 0.1) is 0 Å². The van der Waals surface area contributed by atoms with Crippen LogP contribution in [0.5, 0.6) is 5.75 Å². The Morgan fingerprint density at radius 3 is 2.48 bits per heavy atom. The molecule has 4 nitrogen and oxygen atoms in total. The summed E-state index contributed by atoms with van der Waals surface area (Å²) in [5.74, 6) is 1.91. The maximum absolute atomic E-state index is 5.86. The smallest absolute Gasteiger partial charge is 0.232 e. The van der Waals surface area contributed by atoms with Crippen molar-refractivity contribution in [3.05, 3.63) is 65.6 Å². The highest BCUT2D eigenvalue weighted by atomic mass is 35.5. The highest BCUT2D eigenvalue weighted by Crippen LogP contribution is 2.23. The van der Waals surface area contributed by atoms with Crippen LogP contribution in [0.4, 0.5) is 5.69 Å². The number of aromatic nitrogens is 1. The van der Waals surface area contributed by atoms with Gasteiger partial charge < -0.3 is 14.9 Å². The molecule has 0 amide bonds. The molecule has 5 heteroatoms. The lowest BCUT2D eigenvalue weighted by atomic mass is 10.2. The molecule has 0 saturated carbocycles. The number of nitrogens with two attached hydrogens (primary N) is 1. The minimum atomic E-state index is 0.261. The Morgan fingerprint density at radius 2 is 1.76 bits per heavy atom. The maximum atomic E-state index is 5.86. The van der Waals surface area contributed by atoms with E-state index >= 15 is 0 Å². The summed E-state index contributed by atoms with van der Waals surface area (Å²) in [4.78, 5) is 4.20. The second kappa shape index (κ2) is 5.89. The number of nitrogen functional groups attached to an aromatic ring is 1. The average Bonchev–Trinajstić information content (AvgIpc) is 2.96. The minimum Gasteiger partial charge on any atom is -0.484 e. The van der Waals surface area contributed by atoms with E-state index in [1.54, 1.807) is 30.5 Å². The van der Waals surface area contributed by atoms with Gasteiger partial charge in [-0.05, 0) is 48.5 Å². The Hall–Kier alpha value is -2.46. The quantitative estimate of drug-likeness (QED) is 0.735. The first-order valence-corrected chi connectivity index (χ1v) is 6.77. The van der Waals surface area contributed by atoms with E-state index in [0.717, 1.165) is 11.3 Å². The van der Waals surface area contributed by atoms with Crippen molar-refractivity contribution in [2.45, 2.75) is 6.61 Å². The van der Waals surface area contributed by atoms with Crippen LogP contribution in [0.1, 0.15) is 5.89 Å². The number of halogens is 1. The summed E-state index contributed by atoms with van der Waals surface area (Å²) in [7, 11) is 0. The van der Waals surface area contributed by atoms with Crippen LogP contribution < -0.4 is 10.5 Å². The third-order valence-electron chi connectivity index (χ3n) is 2.92. The van der Waals surface area contributed by atoms with E-state index < -0.39 is 0 Å². The average molecular weight is 301 g/mol. The Kier molecular flexibility index (Phi) is 3.79. The zero-order chi connectivity index (χ0) is 14.7. The second-order valence-corrected chi connectivity index (χ2v) is 4.92. The van der Waals surface area contributed by atoms with Crippen LogP contribution in [0.15, 0.2) is 59.1 Å². The predicted molar refractivity (Wildman–Crippen MR) is 82.1 cm³/mol. The Balaban J connectivity index is 1.67. The first-order chi connectivity index (χ1) is 10.2. The number of hydrogen-bond acceptors (Lipinski definition) is 4. The molecular formula is C16H13ClN2O2. The molecule has 0 aliphatic heterocycles. The van der Waals surface area contributed by atoms with Crippen molar-refractivity contribution in [3.63, 3.8) is 0 Å². The fraction of sp³-hybridized carbons (Fsp3) is 0.0625. The lowest BCUT2D eigenvalue weighted by Gasteiger charge is -2.03. The molecule has 0 bridgehead atoms. The van der Waals surface area contributed by atoms with Gasteiger partial charge in [-0.25, -0.2) is 4.98 Å². The summed E-state index contributed by atoms with van der Waals surface area (Å²) < 4.78 is 11.2. The molecule has 0 aliphatic carbocycles. The normalized spacial score (nSPS) is 10.5. The van der Waals surface area contributed by atoms with Crippen molar-refractivity contribution in [2.75, 3.05) is 5.73 Å². The molecule has 0 spiro atoms. The molecule has 0 fully saturated rings. The van der Waals surface area contributed by atoms with E-state index in [2.05, 4.69) is 4.98 Å². The van der Waals surface area contributed by atoms with Gasteiger partial charge in [-0.2, -0.15) is 0 Å². The van der Waals surface area contributed by atoms with E-state index in [0.29, 0.717) is 22.4 Å². The summed E-state index contributed by atoms with van der Waals surface area (Å²) in [5.41, 5.74) is 7.24. The van der Waals surface area contributed by atoms with Crippen molar-refractivity contribution in [1.82, 2.24) is 4.98 Å². The lowest BCUT2D eigenvalue weighted by Crippen LogP contribution is -1.95. The summed E-state index contributed by atoms with van der Waals surface area (Å²) in [5, 5.41) is 0.685. The standard InChI is InChI=1S/C16H13ClN2O2/c17-12-3-1-11(2-4-12)15-9-19-16(21-15)10-20-14-7-5-13(18)6-8-14/h1-9H,10,18H2. The van der Waals surface area contributed by atoms with Crippen molar-refractivity contribution in [3.8, 4) is 17.1 Å². The monoisotopic (exact) mass is 300 g/mol. The molecule has 0 aliphatic rings. The van der Waals surface area contributed by atoms with Crippen molar-refractivity contribution in [2.24, 2.45) is 0 Å². The number of rotatable bonds is 4. The van der Waals surface area contributed by atoms with Gasteiger partial charge in [0.1, 0.15) is 5.75 Å². The van der Waals surface area contributed by atoms with Crippen molar-refractivity contribution in [1.29, 1.82) is 0 Å². The van der Waals surface area contributed by atoms with Gasteiger partial charge in [0.25, 0.3) is 0 Å². The van der Waals surface area contributed by atoms with Gasteiger partial charge in [-0.3, -0.25) is 0 Å². The zero-order valence-corrected chi connectivity index (χ0v) is 11.9. The molecule has 106 valence electrons. The van der Waals surface area contributed by atoms with Crippen LogP contribution in [0.2, 0.25) is 5.02 Å². The highest BCUT2D eigenvalue weighted by molar-refractivity contribution is 6.30.